The summed E-state index contributed by atoms with van der Waals surface area (Å²) in [4.78, 5) is 28.1. The lowest BCUT2D eigenvalue weighted by atomic mass is 10.1. The molecule has 208 valence electrons. The molecule has 1 aliphatic carbocycles. The highest BCUT2D eigenvalue weighted by atomic mass is 35.5. The standard InChI is InChI=1S/C28H37Cl2N3O4S/c1-19-10-7-15-26(20(19)2)33(38(4,36)37)17-9-16-27(34)32(18-23-24(29)13-8-14-25(23)30)21(3)28(35)31-22-11-5-6-12-22/h7-8,10,13-15,21-22H,5-6,9,11-12,16-18H2,1-4H3,(H,31,35)/t21-/m1/s1. The van der Waals surface area contributed by atoms with Gasteiger partial charge in [0.25, 0.3) is 0 Å². The third kappa shape index (κ3) is 7.64. The van der Waals surface area contributed by atoms with Gasteiger partial charge in [0.1, 0.15) is 6.04 Å². The zero-order valence-corrected chi connectivity index (χ0v) is 24.8. The van der Waals surface area contributed by atoms with Gasteiger partial charge in [0.05, 0.1) is 11.9 Å². The first kappa shape index (κ1) is 30.3. The number of benzene rings is 2. The summed E-state index contributed by atoms with van der Waals surface area (Å²) in [5.41, 5.74) is 3.02. The Hall–Kier alpha value is -2.29. The first-order chi connectivity index (χ1) is 17.9. The van der Waals surface area contributed by atoms with Crippen molar-refractivity contribution in [3.8, 4) is 0 Å². The number of nitrogens with zero attached hydrogens (tertiary/aromatic N) is 2. The lowest BCUT2D eigenvalue weighted by molar-refractivity contribution is -0.140. The van der Waals surface area contributed by atoms with E-state index >= 15 is 0 Å². The molecule has 0 unspecified atom stereocenters. The molecule has 1 fully saturated rings. The van der Waals surface area contributed by atoms with Crippen molar-refractivity contribution in [2.24, 2.45) is 0 Å². The lowest BCUT2D eigenvalue weighted by Crippen LogP contribution is -2.49. The maximum absolute atomic E-state index is 13.5. The monoisotopic (exact) mass is 581 g/mol. The van der Waals surface area contributed by atoms with Crippen molar-refractivity contribution in [2.45, 2.75) is 77.9 Å². The molecule has 1 atom stereocenters. The van der Waals surface area contributed by atoms with Gasteiger partial charge in [0, 0.05) is 41.2 Å². The number of sulfonamides is 1. The van der Waals surface area contributed by atoms with E-state index in [1.54, 1.807) is 31.2 Å². The normalized spacial score (nSPS) is 14.8. The molecule has 38 heavy (non-hydrogen) atoms. The Labute approximate surface area is 236 Å². The molecular weight excluding hydrogens is 545 g/mol. The van der Waals surface area contributed by atoms with E-state index in [2.05, 4.69) is 5.32 Å². The fourth-order valence-corrected chi connectivity index (χ4v) is 6.35. The highest BCUT2D eigenvalue weighted by Gasteiger charge is 2.30. The predicted octanol–water partition coefficient (Wildman–Crippen LogP) is 5.63. The van der Waals surface area contributed by atoms with Crippen LogP contribution in [0.2, 0.25) is 10.0 Å². The quantitative estimate of drug-likeness (QED) is 0.372. The fraction of sp³-hybridized carbons (Fsp3) is 0.500. The molecule has 2 aromatic rings. The van der Waals surface area contributed by atoms with Gasteiger partial charge in [-0.3, -0.25) is 13.9 Å². The summed E-state index contributed by atoms with van der Waals surface area (Å²) >= 11 is 12.8. The molecule has 2 amide bonds. The van der Waals surface area contributed by atoms with Crippen LogP contribution in [0.4, 0.5) is 5.69 Å². The molecule has 10 heteroatoms. The molecule has 1 saturated carbocycles. The molecule has 0 aliphatic heterocycles. The van der Waals surface area contributed by atoms with Crippen molar-refractivity contribution >= 4 is 50.7 Å². The van der Waals surface area contributed by atoms with Gasteiger partial charge in [-0.1, -0.05) is 54.2 Å². The van der Waals surface area contributed by atoms with Crippen LogP contribution < -0.4 is 9.62 Å². The number of nitrogens with one attached hydrogen (secondary N) is 1. The third-order valence-corrected chi connectivity index (χ3v) is 9.14. The van der Waals surface area contributed by atoms with Crippen LogP contribution >= 0.6 is 23.2 Å². The maximum atomic E-state index is 13.5. The van der Waals surface area contributed by atoms with Gasteiger partial charge in [-0.05, 0) is 69.4 Å². The van der Waals surface area contributed by atoms with Crippen LogP contribution in [0.5, 0.6) is 0 Å². The summed E-state index contributed by atoms with van der Waals surface area (Å²) < 4.78 is 26.6. The Morgan fingerprint density at radius 3 is 2.26 bits per heavy atom. The van der Waals surface area contributed by atoms with Gasteiger partial charge in [0.2, 0.25) is 21.8 Å². The Bertz CT molecular complexity index is 1240. The molecule has 0 radical (unpaired) electrons. The van der Waals surface area contributed by atoms with Crippen LogP contribution in [0.15, 0.2) is 36.4 Å². The van der Waals surface area contributed by atoms with Crippen molar-refractivity contribution < 1.29 is 18.0 Å². The van der Waals surface area contributed by atoms with Gasteiger partial charge < -0.3 is 10.2 Å². The summed E-state index contributed by atoms with van der Waals surface area (Å²) in [5.74, 6) is -0.494. The number of aryl methyl sites for hydroxylation is 1. The molecule has 0 aromatic heterocycles. The number of carbonyl (C=O) groups excluding carboxylic acids is 2. The minimum absolute atomic E-state index is 0.0556. The van der Waals surface area contributed by atoms with Crippen LogP contribution in [-0.4, -0.2) is 50.0 Å². The minimum Gasteiger partial charge on any atom is -0.352 e. The summed E-state index contributed by atoms with van der Waals surface area (Å²) in [6.45, 7) is 5.72. The SMILES string of the molecule is Cc1cccc(N(CCCC(=O)N(Cc2c(Cl)cccc2Cl)[C@H](C)C(=O)NC2CCCC2)S(C)(=O)=O)c1C. The van der Waals surface area contributed by atoms with Crippen LogP contribution in [-0.2, 0) is 26.2 Å². The number of halogens is 2. The molecule has 0 bridgehead atoms. The molecule has 2 aromatic carbocycles. The molecule has 3 rings (SSSR count). The Morgan fingerprint density at radius 2 is 1.66 bits per heavy atom. The van der Waals surface area contributed by atoms with Gasteiger partial charge in [-0.15, -0.1) is 0 Å². The number of hydrogen-bond acceptors (Lipinski definition) is 4. The predicted molar refractivity (Wildman–Crippen MR) is 154 cm³/mol. The molecule has 0 spiro atoms. The van der Waals surface area contributed by atoms with Gasteiger partial charge in [-0.2, -0.15) is 0 Å². The minimum atomic E-state index is -3.57. The number of hydrogen-bond donors (Lipinski definition) is 1. The summed E-state index contributed by atoms with van der Waals surface area (Å²) in [7, 11) is -3.57. The average molecular weight is 583 g/mol. The largest absolute Gasteiger partial charge is 0.352 e. The van der Waals surface area contributed by atoms with Crippen LogP contribution in [0.1, 0.15) is 62.1 Å². The van der Waals surface area contributed by atoms with Crippen LogP contribution in [0.3, 0.4) is 0 Å². The summed E-state index contributed by atoms with van der Waals surface area (Å²) in [5, 5.41) is 3.90. The number of rotatable bonds is 11. The highest BCUT2D eigenvalue weighted by molar-refractivity contribution is 7.92. The van der Waals surface area contributed by atoms with E-state index < -0.39 is 16.1 Å². The highest BCUT2D eigenvalue weighted by Crippen LogP contribution is 2.28. The topological polar surface area (TPSA) is 86.8 Å². The average Bonchev–Trinajstić information content (AvgIpc) is 3.35. The Morgan fingerprint density at radius 1 is 1.05 bits per heavy atom. The zero-order chi connectivity index (χ0) is 28.0. The van der Waals surface area contributed by atoms with E-state index in [9.17, 15) is 18.0 Å². The fourth-order valence-electron chi connectivity index (χ4n) is 4.82. The molecule has 1 aliphatic rings. The van der Waals surface area contributed by atoms with Crippen LogP contribution in [0.25, 0.3) is 0 Å². The Kier molecular flexibility index (Phi) is 10.5. The van der Waals surface area contributed by atoms with E-state index in [0.717, 1.165) is 43.1 Å². The lowest BCUT2D eigenvalue weighted by Gasteiger charge is -2.31. The van der Waals surface area contributed by atoms with E-state index in [1.807, 2.05) is 26.0 Å². The number of anilines is 1. The van der Waals surface area contributed by atoms with E-state index in [1.165, 1.54) is 9.21 Å². The van der Waals surface area contributed by atoms with Gasteiger partial charge >= 0.3 is 0 Å². The number of carbonyl (C=O) groups is 2. The van der Waals surface area contributed by atoms with Crippen molar-refractivity contribution in [1.82, 2.24) is 10.2 Å². The summed E-state index contributed by atoms with van der Waals surface area (Å²) in [6, 6.07) is 10.0. The number of amides is 2. The third-order valence-electron chi connectivity index (χ3n) is 7.26. The first-order valence-corrected chi connectivity index (χ1v) is 15.6. The Balaban J connectivity index is 1.78. The van der Waals surface area contributed by atoms with E-state index in [0.29, 0.717) is 21.3 Å². The van der Waals surface area contributed by atoms with E-state index in [4.69, 9.17) is 23.2 Å². The second-order valence-corrected chi connectivity index (χ2v) is 12.8. The zero-order valence-electron chi connectivity index (χ0n) is 22.5. The van der Waals surface area contributed by atoms with Crippen molar-refractivity contribution in [2.75, 3.05) is 17.1 Å². The first-order valence-electron chi connectivity index (χ1n) is 13.0. The molecule has 0 heterocycles. The van der Waals surface area contributed by atoms with Crippen molar-refractivity contribution in [3.63, 3.8) is 0 Å². The van der Waals surface area contributed by atoms with Gasteiger partial charge in [-0.25, -0.2) is 8.42 Å². The van der Waals surface area contributed by atoms with Crippen molar-refractivity contribution in [1.29, 1.82) is 0 Å². The molecule has 7 nitrogen and oxygen atoms in total. The van der Waals surface area contributed by atoms with E-state index in [-0.39, 0.29) is 43.8 Å². The molecule has 1 N–H and O–H groups in total. The smallest absolute Gasteiger partial charge is 0.242 e. The van der Waals surface area contributed by atoms with Gasteiger partial charge in [0.15, 0.2) is 0 Å². The maximum Gasteiger partial charge on any atom is 0.242 e. The summed E-state index contributed by atoms with van der Waals surface area (Å²) in [6.07, 6.45) is 5.52. The van der Waals surface area contributed by atoms with Crippen LogP contribution in [0, 0.1) is 13.8 Å². The molecular formula is C28H37Cl2N3O4S. The van der Waals surface area contributed by atoms with Crippen molar-refractivity contribution in [3.05, 3.63) is 63.1 Å². The second kappa shape index (κ2) is 13.2. The molecule has 0 saturated heterocycles. The second-order valence-electron chi connectivity index (χ2n) is 10.0.